The van der Waals surface area contributed by atoms with Crippen molar-refractivity contribution in [2.45, 2.75) is 0 Å². The fourth-order valence-electron chi connectivity index (χ4n) is 8.07. The van der Waals surface area contributed by atoms with E-state index in [-0.39, 0.29) is 0 Å². The lowest BCUT2D eigenvalue weighted by Crippen LogP contribution is -2.09. The monoisotopic (exact) mass is 751 g/mol. The molecule has 1 heteroatoms. The van der Waals surface area contributed by atoms with Crippen LogP contribution in [0.15, 0.2) is 249 Å². The van der Waals surface area contributed by atoms with Crippen molar-refractivity contribution < 1.29 is 0 Å². The van der Waals surface area contributed by atoms with Gasteiger partial charge in [-0.1, -0.05) is 200 Å². The van der Waals surface area contributed by atoms with Gasteiger partial charge in [0.05, 0.1) is 0 Å². The smallest absolute Gasteiger partial charge is 0.0462 e. The largest absolute Gasteiger partial charge is 0.311 e. The second-order valence-electron chi connectivity index (χ2n) is 15.0. The van der Waals surface area contributed by atoms with E-state index in [9.17, 15) is 0 Å². The molecule has 0 fully saturated rings. The van der Waals surface area contributed by atoms with Crippen molar-refractivity contribution in [2.75, 3.05) is 4.90 Å². The summed E-state index contributed by atoms with van der Waals surface area (Å²) in [4.78, 5) is 2.35. The van der Waals surface area contributed by atoms with Crippen LogP contribution in [0.1, 0.15) is 0 Å². The Balaban J connectivity index is 0.963. The van der Waals surface area contributed by atoms with Gasteiger partial charge in [-0.05, 0) is 126 Å². The number of benzene rings is 10. The molecule has 0 saturated heterocycles. The fourth-order valence-corrected chi connectivity index (χ4v) is 8.07. The lowest BCUT2D eigenvalue weighted by Gasteiger charge is -2.26. The lowest BCUT2D eigenvalue weighted by molar-refractivity contribution is 1.28. The van der Waals surface area contributed by atoms with Crippen molar-refractivity contribution in [2.24, 2.45) is 0 Å². The predicted molar refractivity (Wildman–Crippen MR) is 251 cm³/mol. The van der Waals surface area contributed by atoms with E-state index in [2.05, 4.69) is 254 Å². The summed E-state index contributed by atoms with van der Waals surface area (Å²) in [6, 6.07) is 89.7. The number of hydrogen-bond acceptors (Lipinski definition) is 1. The maximum absolute atomic E-state index is 2.35. The summed E-state index contributed by atoms with van der Waals surface area (Å²) >= 11 is 0. The molecule has 0 unspecified atom stereocenters. The van der Waals surface area contributed by atoms with Crippen LogP contribution in [0.2, 0.25) is 0 Å². The van der Waals surface area contributed by atoms with E-state index in [1.165, 1.54) is 77.5 Å². The van der Waals surface area contributed by atoms with Crippen LogP contribution in [0.5, 0.6) is 0 Å². The molecule has 10 aromatic rings. The topological polar surface area (TPSA) is 3.24 Å². The molecule has 278 valence electrons. The maximum Gasteiger partial charge on any atom is 0.0462 e. The molecule has 0 N–H and O–H groups in total. The lowest BCUT2D eigenvalue weighted by atomic mass is 9.97. The molecule has 0 aromatic heterocycles. The van der Waals surface area contributed by atoms with E-state index in [4.69, 9.17) is 0 Å². The summed E-state index contributed by atoms with van der Waals surface area (Å²) < 4.78 is 0. The Kier molecular flexibility index (Phi) is 9.68. The van der Waals surface area contributed by atoms with Crippen molar-refractivity contribution in [3.8, 4) is 66.8 Å². The number of rotatable bonds is 9. The molecule has 0 aliphatic rings. The van der Waals surface area contributed by atoms with Gasteiger partial charge in [0.1, 0.15) is 0 Å². The number of hydrogen-bond donors (Lipinski definition) is 0. The van der Waals surface area contributed by atoms with Gasteiger partial charge in [-0.25, -0.2) is 0 Å². The van der Waals surface area contributed by atoms with Crippen LogP contribution in [-0.2, 0) is 0 Å². The third-order valence-corrected chi connectivity index (χ3v) is 11.3. The zero-order chi connectivity index (χ0) is 39.4. The van der Waals surface area contributed by atoms with E-state index < -0.39 is 0 Å². The molecule has 0 bridgehead atoms. The zero-order valence-corrected chi connectivity index (χ0v) is 32.6. The first kappa shape index (κ1) is 35.7. The predicted octanol–water partition coefficient (Wildman–Crippen LogP) is 16.3. The van der Waals surface area contributed by atoms with Gasteiger partial charge in [-0.15, -0.1) is 0 Å². The second kappa shape index (κ2) is 16.0. The molecule has 59 heavy (non-hydrogen) atoms. The molecule has 10 aromatic carbocycles. The molecular formula is C58H41N. The maximum atomic E-state index is 2.35. The minimum Gasteiger partial charge on any atom is -0.311 e. The number of fused-ring (bicyclic) bond motifs is 1. The van der Waals surface area contributed by atoms with Crippen LogP contribution >= 0.6 is 0 Å². The summed E-state index contributed by atoms with van der Waals surface area (Å²) in [5.41, 5.74) is 17.7. The van der Waals surface area contributed by atoms with Crippen LogP contribution in [0.3, 0.4) is 0 Å². The highest BCUT2D eigenvalue weighted by atomic mass is 15.1. The highest BCUT2D eigenvalue weighted by Gasteiger charge is 2.14. The Morgan fingerprint density at radius 1 is 0.169 bits per heavy atom. The quantitative estimate of drug-likeness (QED) is 0.142. The third kappa shape index (κ3) is 7.58. The Morgan fingerprint density at radius 3 is 0.864 bits per heavy atom. The molecule has 0 amide bonds. The Bertz CT molecular complexity index is 2840. The van der Waals surface area contributed by atoms with Gasteiger partial charge in [0.25, 0.3) is 0 Å². The van der Waals surface area contributed by atoms with Crippen LogP contribution in [0.4, 0.5) is 17.1 Å². The Labute approximate surface area is 346 Å². The fraction of sp³-hybridized carbons (Fsp3) is 0. The summed E-state index contributed by atoms with van der Waals surface area (Å²) in [5, 5.41) is 2.51. The van der Waals surface area contributed by atoms with Crippen LogP contribution in [0, 0.1) is 0 Å². The molecule has 0 aliphatic heterocycles. The third-order valence-electron chi connectivity index (χ3n) is 11.3. The molecule has 0 radical (unpaired) electrons. The van der Waals surface area contributed by atoms with Crippen molar-refractivity contribution in [3.63, 3.8) is 0 Å². The first-order valence-corrected chi connectivity index (χ1v) is 20.2. The van der Waals surface area contributed by atoms with Gasteiger partial charge in [0, 0.05) is 17.1 Å². The second-order valence-corrected chi connectivity index (χ2v) is 15.0. The van der Waals surface area contributed by atoms with Crippen molar-refractivity contribution >= 4 is 27.8 Å². The first-order chi connectivity index (χ1) is 29.2. The van der Waals surface area contributed by atoms with Gasteiger partial charge < -0.3 is 4.90 Å². The molecule has 10 rings (SSSR count). The average Bonchev–Trinajstić information content (AvgIpc) is 3.33. The summed E-state index contributed by atoms with van der Waals surface area (Å²) in [6.07, 6.45) is 0. The molecule has 0 aliphatic carbocycles. The molecule has 1 nitrogen and oxygen atoms in total. The van der Waals surface area contributed by atoms with Crippen LogP contribution < -0.4 is 4.90 Å². The number of nitrogens with zero attached hydrogens (tertiary/aromatic N) is 1. The minimum absolute atomic E-state index is 1.10. The zero-order valence-electron chi connectivity index (χ0n) is 32.6. The Hall–Kier alpha value is -7.74. The summed E-state index contributed by atoms with van der Waals surface area (Å²) in [6.45, 7) is 0. The van der Waals surface area contributed by atoms with E-state index in [0.717, 1.165) is 17.1 Å². The number of anilines is 3. The van der Waals surface area contributed by atoms with Gasteiger partial charge in [-0.2, -0.15) is 0 Å². The van der Waals surface area contributed by atoms with E-state index >= 15 is 0 Å². The normalized spacial score (nSPS) is 11.1. The average molecular weight is 752 g/mol. The van der Waals surface area contributed by atoms with Crippen molar-refractivity contribution in [1.29, 1.82) is 0 Å². The van der Waals surface area contributed by atoms with E-state index in [0.29, 0.717) is 0 Å². The van der Waals surface area contributed by atoms with Gasteiger partial charge in [-0.3, -0.25) is 0 Å². The van der Waals surface area contributed by atoms with Gasteiger partial charge in [0.2, 0.25) is 0 Å². The molecular weight excluding hydrogens is 711 g/mol. The van der Waals surface area contributed by atoms with E-state index in [1.807, 2.05) is 0 Å². The van der Waals surface area contributed by atoms with Gasteiger partial charge >= 0.3 is 0 Å². The summed E-state index contributed by atoms with van der Waals surface area (Å²) in [5.74, 6) is 0. The van der Waals surface area contributed by atoms with Crippen LogP contribution in [0.25, 0.3) is 77.5 Å². The standard InChI is InChI=1S/C58H41N/c1-3-10-42(11-4-1)45-18-22-47(23-19-45)49-28-34-56(35-29-49)59(57-36-30-50(31-37-57)48-24-20-46(21-25-48)43-12-5-2-6-13-43)58-38-32-51(33-39-58)53-16-9-17-54(40-53)55-27-26-44-14-7-8-15-52(44)41-55/h1-41H. The Morgan fingerprint density at radius 2 is 0.441 bits per heavy atom. The molecule has 0 atom stereocenters. The minimum atomic E-state index is 1.10. The van der Waals surface area contributed by atoms with E-state index in [1.54, 1.807) is 0 Å². The molecule has 0 heterocycles. The van der Waals surface area contributed by atoms with Gasteiger partial charge in [0.15, 0.2) is 0 Å². The highest BCUT2D eigenvalue weighted by Crippen LogP contribution is 2.39. The highest BCUT2D eigenvalue weighted by molar-refractivity contribution is 5.88. The SMILES string of the molecule is c1ccc(-c2ccc(-c3ccc(N(c4ccc(-c5ccc(-c6ccccc6)cc5)cc4)c4ccc(-c5cccc(-c6ccc7ccccc7c6)c5)cc4)cc3)cc2)cc1. The molecule has 0 spiro atoms. The van der Waals surface area contributed by atoms with Crippen molar-refractivity contribution in [1.82, 2.24) is 0 Å². The van der Waals surface area contributed by atoms with Crippen LogP contribution in [-0.4, -0.2) is 0 Å². The molecule has 0 saturated carbocycles. The first-order valence-electron chi connectivity index (χ1n) is 20.2. The summed E-state index contributed by atoms with van der Waals surface area (Å²) in [7, 11) is 0. The van der Waals surface area contributed by atoms with Crippen molar-refractivity contribution in [3.05, 3.63) is 249 Å².